The van der Waals surface area contributed by atoms with Gasteiger partial charge in [-0.05, 0) is 25.0 Å². The van der Waals surface area contributed by atoms with Crippen molar-refractivity contribution in [2.45, 2.75) is 78.1 Å². The van der Waals surface area contributed by atoms with Gasteiger partial charge < -0.3 is 18.9 Å². The van der Waals surface area contributed by atoms with Crippen molar-refractivity contribution in [1.82, 2.24) is 0 Å². The van der Waals surface area contributed by atoms with Crippen LogP contribution < -0.4 is 10.1 Å². The number of methoxy groups -OCH3 is 1. The maximum Gasteiger partial charge on any atom is 0.513 e. The fourth-order valence-electron chi connectivity index (χ4n) is 3.01. The summed E-state index contributed by atoms with van der Waals surface area (Å²) < 4.78 is 20.3. The van der Waals surface area contributed by atoms with Crippen LogP contribution in [0.15, 0.2) is 18.2 Å². The molecule has 8 nitrogen and oxygen atoms in total. The van der Waals surface area contributed by atoms with Crippen LogP contribution >= 0.6 is 0 Å². The van der Waals surface area contributed by atoms with Crippen molar-refractivity contribution < 1.29 is 33.3 Å². The summed E-state index contributed by atoms with van der Waals surface area (Å²) in [5.74, 6) is -0.851. The van der Waals surface area contributed by atoms with Gasteiger partial charge in [0.1, 0.15) is 5.56 Å². The van der Waals surface area contributed by atoms with Gasteiger partial charge in [-0.2, -0.15) is 0 Å². The third-order valence-corrected chi connectivity index (χ3v) is 4.79. The monoisotopic (exact) mass is 451 g/mol. The molecule has 1 N–H and O–H groups in total. The number of benzene rings is 1. The van der Waals surface area contributed by atoms with Crippen LogP contribution in [0.3, 0.4) is 0 Å². The second-order valence-corrected chi connectivity index (χ2v) is 7.46. The molecule has 0 spiro atoms. The van der Waals surface area contributed by atoms with E-state index in [1.165, 1.54) is 19.2 Å². The summed E-state index contributed by atoms with van der Waals surface area (Å²) in [6.07, 6.45) is 8.52. The Bertz CT molecular complexity index is 706. The number of para-hydroxylation sites is 1. The molecule has 0 fully saturated rings. The van der Waals surface area contributed by atoms with Gasteiger partial charge in [-0.3, -0.25) is 5.32 Å². The Morgan fingerprint density at radius 3 is 2.00 bits per heavy atom. The van der Waals surface area contributed by atoms with E-state index in [2.05, 4.69) is 19.2 Å². The molecule has 0 atom stereocenters. The first-order chi connectivity index (χ1) is 15.5. The Labute approximate surface area is 190 Å². The molecule has 0 saturated heterocycles. The summed E-state index contributed by atoms with van der Waals surface area (Å²) in [6.45, 7) is 4.76. The zero-order valence-electron chi connectivity index (χ0n) is 19.6. The topological polar surface area (TPSA) is 100 Å². The third kappa shape index (κ3) is 11.0. The Hall–Kier alpha value is -2.77. The number of amides is 1. The minimum atomic E-state index is -0.954. The van der Waals surface area contributed by atoms with Crippen molar-refractivity contribution in [1.29, 1.82) is 0 Å². The van der Waals surface area contributed by atoms with E-state index < -0.39 is 18.2 Å². The lowest BCUT2D eigenvalue weighted by Crippen LogP contribution is -2.19. The number of unbranched alkanes of at least 4 members (excludes halogenated alkanes) is 8. The number of rotatable bonds is 15. The van der Waals surface area contributed by atoms with E-state index >= 15 is 0 Å². The quantitative estimate of drug-likeness (QED) is 0.141. The fraction of sp³-hybridized carbons (Fsp3) is 0.625. The molecular formula is C24H37NO7. The first kappa shape index (κ1) is 27.3. The van der Waals surface area contributed by atoms with Crippen molar-refractivity contribution in [3.8, 4) is 5.75 Å². The highest BCUT2D eigenvalue weighted by atomic mass is 16.7. The first-order valence-electron chi connectivity index (χ1n) is 11.5. The number of anilines is 1. The number of esters is 1. The van der Waals surface area contributed by atoms with Crippen LogP contribution in [0.2, 0.25) is 0 Å². The summed E-state index contributed by atoms with van der Waals surface area (Å²) >= 11 is 0. The molecule has 0 saturated carbocycles. The van der Waals surface area contributed by atoms with E-state index in [0.29, 0.717) is 0 Å². The first-order valence-corrected chi connectivity index (χ1v) is 11.5. The number of carbonyl (C=O) groups is 3. The highest BCUT2D eigenvalue weighted by Gasteiger charge is 2.22. The molecule has 1 aromatic rings. The molecule has 0 aliphatic carbocycles. The molecule has 0 aliphatic rings. The van der Waals surface area contributed by atoms with Crippen molar-refractivity contribution in [2.75, 3.05) is 25.6 Å². The van der Waals surface area contributed by atoms with E-state index in [0.717, 1.165) is 64.2 Å². The number of nitrogens with one attached hydrogen (secondary N) is 1. The molecule has 0 radical (unpaired) electrons. The number of ether oxygens (including phenoxy) is 4. The Morgan fingerprint density at radius 2 is 1.41 bits per heavy atom. The predicted molar refractivity (Wildman–Crippen MR) is 122 cm³/mol. The lowest BCUT2D eigenvalue weighted by atomic mass is 10.1. The molecule has 1 aromatic carbocycles. The lowest BCUT2D eigenvalue weighted by Gasteiger charge is -2.14. The van der Waals surface area contributed by atoms with Crippen molar-refractivity contribution in [3.05, 3.63) is 23.8 Å². The molecule has 1 rings (SSSR count). The Kier molecular flexibility index (Phi) is 14.4. The standard InChI is InChI=1S/C24H37NO7/c1-4-6-8-10-12-17-30-23(27)25-20-16-14-15-19(22(26)29-3)21(20)32-24(28)31-18-13-11-9-7-5-2/h14-16H,4-13,17-18H2,1-3H3,(H,25,27). The lowest BCUT2D eigenvalue weighted by molar-refractivity contribution is 0.0594. The summed E-state index contributed by atoms with van der Waals surface area (Å²) in [7, 11) is 1.22. The van der Waals surface area contributed by atoms with Gasteiger partial charge in [-0.1, -0.05) is 71.3 Å². The normalized spacial score (nSPS) is 10.3. The predicted octanol–water partition coefficient (Wildman–Crippen LogP) is 6.48. The average molecular weight is 452 g/mol. The maximum absolute atomic E-state index is 12.2. The van der Waals surface area contributed by atoms with Crippen molar-refractivity contribution in [2.24, 2.45) is 0 Å². The molecular weight excluding hydrogens is 414 g/mol. The molecule has 0 aliphatic heterocycles. The van der Waals surface area contributed by atoms with E-state index in [-0.39, 0.29) is 30.2 Å². The highest BCUT2D eigenvalue weighted by molar-refractivity contribution is 5.98. The van der Waals surface area contributed by atoms with Crippen LogP contribution in [0.1, 0.15) is 88.4 Å². The largest absolute Gasteiger partial charge is 0.513 e. The minimum absolute atomic E-state index is 0.00948. The number of hydrogen-bond donors (Lipinski definition) is 1. The SMILES string of the molecule is CCCCCCCOC(=O)Nc1cccc(C(=O)OC)c1OC(=O)OCCCCCCC. The molecule has 0 bridgehead atoms. The van der Waals surface area contributed by atoms with E-state index in [1.54, 1.807) is 6.07 Å². The minimum Gasteiger partial charge on any atom is -0.465 e. The van der Waals surface area contributed by atoms with Crippen LogP contribution in [-0.2, 0) is 14.2 Å². The fourth-order valence-corrected chi connectivity index (χ4v) is 3.01. The molecule has 0 unspecified atom stereocenters. The van der Waals surface area contributed by atoms with E-state index in [4.69, 9.17) is 18.9 Å². The molecule has 0 heterocycles. The summed E-state index contributed by atoms with van der Waals surface area (Å²) in [5, 5.41) is 2.53. The van der Waals surface area contributed by atoms with E-state index in [1.807, 2.05) is 0 Å². The highest BCUT2D eigenvalue weighted by Crippen LogP contribution is 2.30. The van der Waals surface area contributed by atoms with Crippen LogP contribution in [0.25, 0.3) is 0 Å². The van der Waals surface area contributed by atoms with Gasteiger partial charge in [0, 0.05) is 0 Å². The molecule has 180 valence electrons. The average Bonchev–Trinajstić information content (AvgIpc) is 2.79. The van der Waals surface area contributed by atoms with Gasteiger partial charge in [0.05, 0.1) is 26.0 Å². The zero-order valence-corrected chi connectivity index (χ0v) is 19.6. The van der Waals surface area contributed by atoms with Crippen LogP contribution in [0, 0.1) is 0 Å². The Balaban J connectivity index is 2.69. The summed E-state index contributed by atoms with van der Waals surface area (Å²) in [5.41, 5.74) is 0.105. The maximum atomic E-state index is 12.2. The number of carbonyl (C=O) groups excluding carboxylic acids is 3. The Morgan fingerprint density at radius 1 is 0.812 bits per heavy atom. The van der Waals surface area contributed by atoms with Crippen LogP contribution in [0.5, 0.6) is 5.75 Å². The second kappa shape index (κ2) is 16.9. The number of hydrogen-bond acceptors (Lipinski definition) is 7. The van der Waals surface area contributed by atoms with E-state index in [9.17, 15) is 14.4 Å². The second-order valence-electron chi connectivity index (χ2n) is 7.46. The van der Waals surface area contributed by atoms with Crippen LogP contribution in [-0.4, -0.2) is 38.5 Å². The van der Waals surface area contributed by atoms with Crippen molar-refractivity contribution >= 4 is 23.9 Å². The molecule has 8 heteroatoms. The summed E-state index contributed by atoms with van der Waals surface area (Å²) in [6, 6.07) is 4.48. The molecule has 1 amide bonds. The van der Waals surface area contributed by atoms with Crippen molar-refractivity contribution in [3.63, 3.8) is 0 Å². The smallest absolute Gasteiger partial charge is 0.465 e. The van der Waals surface area contributed by atoms with Gasteiger partial charge in [0.15, 0.2) is 5.75 Å². The van der Waals surface area contributed by atoms with Gasteiger partial charge in [0.2, 0.25) is 0 Å². The summed E-state index contributed by atoms with van der Waals surface area (Å²) in [4.78, 5) is 36.4. The molecule has 0 aromatic heterocycles. The van der Waals surface area contributed by atoms with Gasteiger partial charge in [-0.25, -0.2) is 14.4 Å². The third-order valence-electron chi connectivity index (χ3n) is 4.79. The van der Waals surface area contributed by atoms with Gasteiger partial charge in [0.25, 0.3) is 0 Å². The van der Waals surface area contributed by atoms with Gasteiger partial charge in [-0.15, -0.1) is 0 Å². The zero-order chi connectivity index (χ0) is 23.6. The van der Waals surface area contributed by atoms with Gasteiger partial charge >= 0.3 is 18.2 Å². The van der Waals surface area contributed by atoms with Crippen LogP contribution in [0.4, 0.5) is 15.3 Å². The molecule has 32 heavy (non-hydrogen) atoms.